The van der Waals surface area contributed by atoms with Crippen molar-refractivity contribution >= 4 is 0 Å². The van der Waals surface area contributed by atoms with Crippen LogP contribution < -0.4 is 0 Å². The minimum Gasteiger partial charge on any atom is -0.379 e. The van der Waals surface area contributed by atoms with Gasteiger partial charge in [-0.15, -0.1) is 0 Å². The molecule has 1 aliphatic rings. The molecule has 0 amide bonds. The van der Waals surface area contributed by atoms with Crippen molar-refractivity contribution in [3.63, 3.8) is 0 Å². The predicted molar refractivity (Wildman–Crippen MR) is 98.3 cm³/mol. The molecule has 0 N–H and O–H groups in total. The topological polar surface area (TPSA) is 40.2 Å². The van der Waals surface area contributed by atoms with Gasteiger partial charge in [0.2, 0.25) is 0 Å². The summed E-state index contributed by atoms with van der Waals surface area (Å²) < 4.78 is 22.5. The van der Waals surface area contributed by atoms with Gasteiger partial charge in [0.1, 0.15) is 6.10 Å². The van der Waals surface area contributed by atoms with Gasteiger partial charge >= 0.3 is 0 Å². The first-order chi connectivity index (χ1) is 11.7. The van der Waals surface area contributed by atoms with Crippen molar-refractivity contribution in [1.29, 1.82) is 0 Å². The Labute approximate surface area is 149 Å². The molecule has 0 aromatic carbocycles. The molecule has 0 aromatic rings. The van der Waals surface area contributed by atoms with Crippen LogP contribution in [0, 0.1) is 5.92 Å². The molecule has 1 rings (SSSR count). The van der Waals surface area contributed by atoms with E-state index in [0.717, 1.165) is 39.1 Å². The number of hydrogen-bond acceptors (Lipinski definition) is 4. The summed E-state index contributed by atoms with van der Waals surface area (Å²) in [5.41, 5.74) is 0. The van der Waals surface area contributed by atoms with Crippen LogP contribution in [0.15, 0.2) is 0 Å². The average Bonchev–Trinajstić information content (AvgIpc) is 3.43. The van der Waals surface area contributed by atoms with E-state index in [1.165, 1.54) is 44.9 Å². The summed E-state index contributed by atoms with van der Waals surface area (Å²) in [6.45, 7) is 6.84. The lowest BCUT2D eigenvalue weighted by Crippen LogP contribution is -2.41. The Morgan fingerprint density at radius 3 is 2.17 bits per heavy atom. The number of unbranched alkanes of at least 4 members (excludes halogenated alkanes) is 5. The molecule has 1 heterocycles. The Morgan fingerprint density at radius 1 is 0.958 bits per heavy atom. The van der Waals surface area contributed by atoms with Gasteiger partial charge in [-0.2, -0.15) is 0 Å². The minimum absolute atomic E-state index is 0.358. The molecule has 2 atom stereocenters. The van der Waals surface area contributed by atoms with Crippen molar-refractivity contribution in [1.82, 2.24) is 0 Å². The molecule has 0 radical (unpaired) electrons. The zero-order chi connectivity index (χ0) is 17.7. The van der Waals surface area contributed by atoms with Gasteiger partial charge in [-0.3, -0.25) is 0 Å². The van der Waals surface area contributed by atoms with E-state index in [9.17, 15) is 0 Å². The quantitative estimate of drug-likeness (QED) is 0.213. The van der Waals surface area contributed by atoms with Crippen LogP contribution in [0.3, 0.4) is 0 Å². The highest BCUT2D eigenvalue weighted by Crippen LogP contribution is 2.34. The van der Waals surface area contributed by atoms with Crippen molar-refractivity contribution in [2.45, 2.75) is 89.9 Å². The third-order valence-corrected chi connectivity index (χ3v) is 5.26. The molecule has 1 aliphatic heterocycles. The Morgan fingerprint density at radius 2 is 1.58 bits per heavy atom. The monoisotopic (exact) mass is 344 g/mol. The molecular formula is C20H40O4. The third-order valence-electron chi connectivity index (χ3n) is 5.26. The van der Waals surface area contributed by atoms with E-state index in [2.05, 4.69) is 13.8 Å². The van der Waals surface area contributed by atoms with Crippen molar-refractivity contribution in [3.05, 3.63) is 0 Å². The van der Waals surface area contributed by atoms with Gasteiger partial charge in [-0.25, -0.2) is 0 Å². The fourth-order valence-corrected chi connectivity index (χ4v) is 3.56. The van der Waals surface area contributed by atoms with Crippen LogP contribution in [0.5, 0.6) is 0 Å². The summed E-state index contributed by atoms with van der Waals surface area (Å²) in [4.78, 5) is 0. The van der Waals surface area contributed by atoms with Gasteiger partial charge in [0, 0.05) is 26.7 Å². The predicted octanol–water partition coefficient (Wildman–Crippen LogP) is 4.95. The van der Waals surface area contributed by atoms with Crippen LogP contribution in [0.2, 0.25) is 0 Å². The first kappa shape index (κ1) is 21.9. The molecule has 1 fully saturated rings. The second kappa shape index (κ2) is 13.1. The summed E-state index contributed by atoms with van der Waals surface area (Å²) in [6, 6.07) is 0. The molecular weight excluding hydrogens is 304 g/mol. The highest BCUT2D eigenvalue weighted by atomic mass is 16.7. The molecule has 1 saturated heterocycles. The summed E-state index contributed by atoms with van der Waals surface area (Å²) in [6.07, 6.45) is 12.5. The van der Waals surface area contributed by atoms with E-state index < -0.39 is 5.79 Å². The van der Waals surface area contributed by atoms with E-state index in [1.54, 1.807) is 14.2 Å². The number of epoxide rings is 1. The van der Waals surface area contributed by atoms with Crippen LogP contribution in [0.25, 0.3) is 0 Å². The van der Waals surface area contributed by atoms with Crippen LogP contribution in [0.4, 0.5) is 0 Å². The van der Waals surface area contributed by atoms with Crippen molar-refractivity contribution in [2.24, 2.45) is 5.92 Å². The van der Waals surface area contributed by atoms with Gasteiger partial charge in [0.05, 0.1) is 13.2 Å². The van der Waals surface area contributed by atoms with Crippen LogP contribution in [0.1, 0.15) is 78.1 Å². The van der Waals surface area contributed by atoms with E-state index >= 15 is 0 Å². The fourth-order valence-electron chi connectivity index (χ4n) is 3.56. The average molecular weight is 345 g/mol. The zero-order valence-corrected chi connectivity index (χ0v) is 16.5. The molecule has 0 saturated carbocycles. The molecule has 0 aromatic heterocycles. The van der Waals surface area contributed by atoms with Crippen molar-refractivity contribution < 1.29 is 18.9 Å². The smallest absolute Gasteiger partial charge is 0.170 e. The second-order valence-electron chi connectivity index (χ2n) is 7.00. The summed E-state index contributed by atoms with van der Waals surface area (Å²) >= 11 is 0. The molecule has 144 valence electrons. The summed E-state index contributed by atoms with van der Waals surface area (Å²) in [5.74, 6) is -0.00677. The first-order valence-electron chi connectivity index (χ1n) is 10.0. The molecule has 24 heavy (non-hydrogen) atoms. The number of ether oxygens (including phenoxy) is 4. The lowest BCUT2D eigenvalue weighted by molar-refractivity contribution is -0.244. The van der Waals surface area contributed by atoms with Crippen LogP contribution in [-0.2, 0) is 18.9 Å². The maximum atomic E-state index is 5.82. The van der Waals surface area contributed by atoms with Crippen LogP contribution >= 0.6 is 0 Å². The molecule has 2 unspecified atom stereocenters. The number of rotatable bonds is 17. The standard InChI is InChI=1S/C20H40O4/c1-5-7-8-9-10-11-13-18(20(6-2,21-3)22-4)14-12-15-23-16-19-17-24-19/h18-19H,5-17H2,1-4H3. The zero-order valence-electron chi connectivity index (χ0n) is 16.5. The molecule has 0 aliphatic carbocycles. The van der Waals surface area contributed by atoms with Gasteiger partial charge in [0.15, 0.2) is 5.79 Å². The summed E-state index contributed by atoms with van der Waals surface area (Å²) in [5, 5.41) is 0. The Kier molecular flexibility index (Phi) is 11.9. The van der Waals surface area contributed by atoms with Gasteiger partial charge in [-0.05, 0) is 25.7 Å². The third kappa shape index (κ3) is 8.28. The maximum Gasteiger partial charge on any atom is 0.170 e. The number of methoxy groups -OCH3 is 2. The Balaban J connectivity index is 2.32. The fraction of sp³-hybridized carbons (Fsp3) is 1.00. The van der Waals surface area contributed by atoms with Crippen LogP contribution in [-0.4, -0.2) is 45.9 Å². The van der Waals surface area contributed by atoms with Crippen molar-refractivity contribution in [2.75, 3.05) is 34.0 Å². The summed E-state index contributed by atoms with van der Waals surface area (Å²) in [7, 11) is 3.56. The van der Waals surface area contributed by atoms with E-state index in [4.69, 9.17) is 18.9 Å². The van der Waals surface area contributed by atoms with Gasteiger partial charge < -0.3 is 18.9 Å². The first-order valence-corrected chi connectivity index (χ1v) is 10.0. The second-order valence-corrected chi connectivity index (χ2v) is 7.00. The van der Waals surface area contributed by atoms with E-state index in [0.29, 0.717) is 12.0 Å². The molecule has 4 heteroatoms. The Bertz CT molecular complexity index is 279. The lowest BCUT2D eigenvalue weighted by atomic mass is 9.86. The highest BCUT2D eigenvalue weighted by molar-refractivity contribution is 4.78. The normalized spacial score (nSPS) is 18.8. The molecule has 0 spiro atoms. The van der Waals surface area contributed by atoms with E-state index in [-0.39, 0.29) is 0 Å². The highest BCUT2D eigenvalue weighted by Gasteiger charge is 2.36. The van der Waals surface area contributed by atoms with E-state index in [1.807, 2.05) is 0 Å². The molecule has 0 bridgehead atoms. The number of hydrogen-bond donors (Lipinski definition) is 0. The van der Waals surface area contributed by atoms with Gasteiger partial charge in [-0.1, -0.05) is 52.4 Å². The van der Waals surface area contributed by atoms with Gasteiger partial charge in [0.25, 0.3) is 0 Å². The molecule has 4 nitrogen and oxygen atoms in total. The largest absolute Gasteiger partial charge is 0.379 e. The minimum atomic E-state index is -0.441. The lowest BCUT2D eigenvalue weighted by Gasteiger charge is -2.38. The maximum absolute atomic E-state index is 5.82. The SMILES string of the molecule is CCCCCCCCC(CCCOCC1CO1)C(CC)(OC)OC. The van der Waals surface area contributed by atoms with Crippen molar-refractivity contribution in [3.8, 4) is 0 Å². The Hall–Kier alpha value is -0.160.